The van der Waals surface area contributed by atoms with Gasteiger partial charge in [0.1, 0.15) is 0 Å². The van der Waals surface area contributed by atoms with Crippen LogP contribution in [0, 0.1) is 0 Å². The zero-order chi connectivity index (χ0) is 17.1. The maximum absolute atomic E-state index is 5.92. The molecule has 3 aromatic rings. The van der Waals surface area contributed by atoms with E-state index >= 15 is 0 Å². The second-order valence-electron chi connectivity index (χ2n) is 5.90. The Kier molecular flexibility index (Phi) is 5.17. The molecule has 1 saturated heterocycles. The molecule has 0 bridgehead atoms. The molecule has 0 aliphatic carbocycles. The summed E-state index contributed by atoms with van der Waals surface area (Å²) in [5.41, 5.74) is 1.92. The summed E-state index contributed by atoms with van der Waals surface area (Å²) in [4.78, 5) is 5.47. The molecule has 0 spiro atoms. The van der Waals surface area contributed by atoms with E-state index in [1.165, 1.54) is 11.3 Å². The highest BCUT2D eigenvalue weighted by molar-refractivity contribution is 7.20. The average molecular weight is 379 g/mol. The van der Waals surface area contributed by atoms with E-state index in [2.05, 4.69) is 15.4 Å². The van der Waals surface area contributed by atoms with Crippen molar-refractivity contribution in [2.45, 2.75) is 18.9 Å². The van der Waals surface area contributed by atoms with Crippen LogP contribution in [-0.4, -0.2) is 47.1 Å². The molecular formula is C17H19ClN4O2S. The van der Waals surface area contributed by atoms with E-state index in [4.69, 9.17) is 21.1 Å². The summed E-state index contributed by atoms with van der Waals surface area (Å²) >= 11 is 7.45. The first-order chi connectivity index (χ1) is 12.3. The number of benzene rings is 1. The van der Waals surface area contributed by atoms with Gasteiger partial charge in [-0.1, -0.05) is 35.1 Å². The number of rotatable bonds is 7. The number of nitrogens with zero attached hydrogens (tertiary/aromatic N) is 3. The van der Waals surface area contributed by atoms with E-state index in [1.807, 2.05) is 30.5 Å². The van der Waals surface area contributed by atoms with Gasteiger partial charge in [-0.25, -0.2) is 9.50 Å². The molecule has 3 heterocycles. The maximum atomic E-state index is 5.92. The number of nitrogens with one attached hydrogen (secondary N) is 1. The monoisotopic (exact) mass is 378 g/mol. The van der Waals surface area contributed by atoms with Crippen molar-refractivity contribution in [2.24, 2.45) is 0 Å². The fourth-order valence-electron chi connectivity index (χ4n) is 2.75. The molecule has 0 saturated carbocycles. The Balaban J connectivity index is 1.29. The van der Waals surface area contributed by atoms with Crippen molar-refractivity contribution in [1.82, 2.24) is 14.6 Å². The molecule has 1 N–H and O–H groups in total. The lowest BCUT2D eigenvalue weighted by Gasteiger charge is -2.09. The van der Waals surface area contributed by atoms with Gasteiger partial charge in [-0.2, -0.15) is 0 Å². The molecule has 8 heteroatoms. The lowest BCUT2D eigenvalue weighted by Crippen LogP contribution is -2.17. The maximum Gasteiger partial charge on any atom is 0.214 e. The van der Waals surface area contributed by atoms with Crippen LogP contribution >= 0.6 is 22.9 Å². The smallest absolute Gasteiger partial charge is 0.214 e. The minimum atomic E-state index is 0.273. The highest BCUT2D eigenvalue weighted by Crippen LogP contribution is 2.25. The molecule has 25 heavy (non-hydrogen) atoms. The highest BCUT2D eigenvalue weighted by Gasteiger charge is 2.15. The second-order valence-corrected chi connectivity index (χ2v) is 7.30. The molecule has 4 rings (SSSR count). The first-order valence-electron chi connectivity index (χ1n) is 8.33. The number of anilines is 1. The number of hydrogen-bond acceptors (Lipinski definition) is 6. The number of hydrogen-bond donors (Lipinski definition) is 1. The highest BCUT2D eigenvalue weighted by atomic mass is 35.5. The van der Waals surface area contributed by atoms with Gasteiger partial charge in [0.05, 0.1) is 31.2 Å². The third kappa shape index (κ3) is 4.12. The Labute approximate surface area is 154 Å². The molecule has 1 aliphatic heterocycles. The molecule has 1 fully saturated rings. The van der Waals surface area contributed by atoms with Crippen molar-refractivity contribution < 1.29 is 9.47 Å². The van der Waals surface area contributed by atoms with Crippen molar-refractivity contribution in [3.05, 3.63) is 35.5 Å². The first kappa shape index (κ1) is 16.8. The minimum absolute atomic E-state index is 0.273. The molecular weight excluding hydrogens is 360 g/mol. The lowest BCUT2D eigenvalue weighted by atomic mass is 10.2. The van der Waals surface area contributed by atoms with Gasteiger partial charge in [0.15, 0.2) is 0 Å². The number of halogens is 1. The Morgan fingerprint density at radius 1 is 1.36 bits per heavy atom. The Morgan fingerprint density at radius 2 is 2.24 bits per heavy atom. The topological polar surface area (TPSA) is 60.7 Å². The molecule has 1 aromatic carbocycles. The van der Waals surface area contributed by atoms with Crippen LogP contribution < -0.4 is 5.32 Å². The molecule has 132 valence electrons. The van der Waals surface area contributed by atoms with Gasteiger partial charge in [-0.3, -0.25) is 0 Å². The minimum Gasteiger partial charge on any atom is -0.377 e. The van der Waals surface area contributed by atoms with E-state index in [9.17, 15) is 0 Å². The zero-order valence-electron chi connectivity index (χ0n) is 13.7. The van der Waals surface area contributed by atoms with E-state index in [0.717, 1.165) is 45.8 Å². The van der Waals surface area contributed by atoms with Crippen molar-refractivity contribution in [3.8, 4) is 11.3 Å². The number of ether oxygens (including phenoxy) is 2. The van der Waals surface area contributed by atoms with Crippen molar-refractivity contribution in [2.75, 3.05) is 31.7 Å². The number of fused-ring (bicyclic) bond motifs is 1. The normalized spacial score (nSPS) is 17.4. The lowest BCUT2D eigenvalue weighted by molar-refractivity contribution is 0.0206. The Bertz CT molecular complexity index is 795. The molecule has 2 aromatic heterocycles. The third-order valence-electron chi connectivity index (χ3n) is 4.03. The predicted molar refractivity (Wildman–Crippen MR) is 99.6 cm³/mol. The van der Waals surface area contributed by atoms with Crippen LogP contribution in [-0.2, 0) is 9.47 Å². The summed E-state index contributed by atoms with van der Waals surface area (Å²) in [6.07, 6.45) is 4.44. The van der Waals surface area contributed by atoms with Crippen LogP contribution in [0.4, 0.5) is 5.13 Å². The fraction of sp³-hybridized carbons (Fsp3) is 0.412. The quantitative estimate of drug-likeness (QED) is 0.635. The SMILES string of the molecule is Clc1ccc(-c2cn3nc(NCCOCC4CCCO4)sc3n2)cc1. The van der Waals surface area contributed by atoms with Gasteiger partial charge in [-0.15, -0.1) is 5.10 Å². The first-order valence-corrected chi connectivity index (χ1v) is 9.53. The Hall–Kier alpha value is -1.67. The van der Waals surface area contributed by atoms with E-state index in [-0.39, 0.29) is 6.10 Å². The standard InChI is InChI=1S/C17H19ClN4O2S/c18-13-5-3-12(4-6-13)15-10-22-17(20-15)25-16(21-22)19-7-9-23-11-14-2-1-8-24-14/h3-6,10,14H,1-2,7-9,11H2,(H,19,21). The van der Waals surface area contributed by atoms with Crippen LogP contribution in [0.25, 0.3) is 16.2 Å². The summed E-state index contributed by atoms with van der Waals surface area (Å²) in [6, 6.07) is 7.64. The summed E-state index contributed by atoms with van der Waals surface area (Å²) in [5.74, 6) is 0. The largest absolute Gasteiger partial charge is 0.377 e. The summed E-state index contributed by atoms with van der Waals surface area (Å²) < 4.78 is 13.0. The van der Waals surface area contributed by atoms with Gasteiger partial charge < -0.3 is 14.8 Å². The van der Waals surface area contributed by atoms with Gasteiger partial charge in [-0.05, 0) is 25.0 Å². The summed E-state index contributed by atoms with van der Waals surface area (Å²) in [6.45, 7) is 2.89. The molecule has 1 atom stereocenters. The third-order valence-corrected chi connectivity index (χ3v) is 5.17. The summed E-state index contributed by atoms with van der Waals surface area (Å²) in [5, 5.41) is 9.34. The van der Waals surface area contributed by atoms with Gasteiger partial charge in [0.2, 0.25) is 10.1 Å². The van der Waals surface area contributed by atoms with Crippen molar-refractivity contribution in [1.29, 1.82) is 0 Å². The van der Waals surface area contributed by atoms with Gasteiger partial charge in [0.25, 0.3) is 0 Å². The van der Waals surface area contributed by atoms with Crippen LogP contribution in [0.1, 0.15) is 12.8 Å². The molecule has 1 aliphatic rings. The average Bonchev–Trinajstić information content (AvgIpc) is 3.31. The predicted octanol–water partition coefficient (Wildman–Crippen LogP) is 3.72. The Morgan fingerprint density at radius 3 is 3.00 bits per heavy atom. The fourth-order valence-corrected chi connectivity index (χ4v) is 3.69. The van der Waals surface area contributed by atoms with Crippen LogP contribution in [0.3, 0.4) is 0 Å². The molecule has 6 nitrogen and oxygen atoms in total. The zero-order valence-corrected chi connectivity index (χ0v) is 15.2. The summed E-state index contributed by atoms with van der Waals surface area (Å²) in [7, 11) is 0. The van der Waals surface area contributed by atoms with Gasteiger partial charge >= 0.3 is 0 Å². The van der Waals surface area contributed by atoms with Crippen molar-refractivity contribution >= 4 is 33.0 Å². The number of imidazole rings is 1. The van der Waals surface area contributed by atoms with Gasteiger partial charge in [0, 0.05) is 23.7 Å². The van der Waals surface area contributed by atoms with E-state index in [0.29, 0.717) is 19.8 Å². The second kappa shape index (κ2) is 7.70. The van der Waals surface area contributed by atoms with Crippen LogP contribution in [0.5, 0.6) is 0 Å². The number of aromatic nitrogens is 3. The van der Waals surface area contributed by atoms with Crippen LogP contribution in [0.15, 0.2) is 30.5 Å². The van der Waals surface area contributed by atoms with Crippen molar-refractivity contribution in [3.63, 3.8) is 0 Å². The van der Waals surface area contributed by atoms with E-state index < -0.39 is 0 Å². The molecule has 1 unspecified atom stereocenters. The molecule has 0 radical (unpaired) electrons. The van der Waals surface area contributed by atoms with Crippen LogP contribution in [0.2, 0.25) is 5.02 Å². The molecule has 0 amide bonds. The van der Waals surface area contributed by atoms with E-state index in [1.54, 1.807) is 4.52 Å².